The zero-order chi connectivity index (χ0) is 7.28. The molecule has 0 bridgehead atoms. The van der Waals surface area contributed by atoms with Crippen molar-refractivity contribution in [2.24, 2.45) is 0 Å². The van der Waals surface area contributed by atoms with Crippen LogP contribution < -0.4 is 0 Å². The number of hydrogen-bond donors (Lipinski definition) is 0. The molecule has 0 aromatic carbocycles. The molecule has 0 saturated heterocycles. The van der Waals surface area contributed by atoms with Crippen LogP contribution >= 0.6 is 11.6 Å². The Morgan fingerprint density at radius 2 is 2.33 bits per heavy atom. The van der Waals surface area contributed by atoms with Crippen LogP contribution in [-0.2, 0) is 11.3 Å². The molecule has 9 heavy (non-hydrogen) atoms. The molecular weight excluding hydrogens is 169 g/mol. The molecule has 0 radical (unpaired) electrons. The Balaban J connectivity index is 3.54. The van der Waals surface area contributed by atoms with Crippen LogP contribution in [0.15, 0.2) is 0 Å². The monoisotopic (exact) mass is 174 g/mol. The first-order chi connectivity index (χ1) is 4.22. The quantitative estimate of drug-likeness (QED) is 0.348. The van der Waals surface area contributed by atoms with E-state index >= 15 is 0 Å². The Hall–Kier alpha value is 0.290. The summed E-state index contributed by atoms with van der Waals surface area (Å²) in [5.74, 6) is 0. The highest BCUT2D eigenvalue weighted by molar-refractivity contribution is 7.76. The van der Waals surface area contributed by atoms with Crippen LogP contribution in [-0.4, -0.2) is 32.3 Å². The molecule has 0 aliphatic carbocycles. The second kappa shape index (κ2) is 5.10. The van der Waals surface area contributed by atoms with Crippen LogP contribution in [0.2, 0.25) is 0 Å². The topological polar surface area (TPSA) is 43.4 Å². The van der Waals surface area contributed by atoms with Crippen molar-refractivity contribution in [2.75, 3.05) is 19.2 Å². The van der Waals surface area contributed by atoms with Crippen molar-refractivity contribution >= 4 is 22.9 Å². The first-order valence-corrected chi connectivity index (χ1v) is 3.75. The third kappa shape index (κ3) is 3.80. The predicted molar refractivity (Wildman–Crippen MR) is 32.3 cm³/mol. The standard InChI is InChI=1S/C3H7ClFNO2S/c4-3-6(2-1-5)9(7)8/h1-3H2,(H,7,8)/p-1. The van der Waals surface area contributed by atoms with Crippen molar-refractivity contribution in [1.82, 2.24) is 4.31 Å². The van der Waals surface area contributed by atoms with Gasteiger partial charge in [-0.15, -0.1) is 11.6 Å². The summed E-state index contributed by atoms with van der Waals surface area (Å²) in [6, 6.07) is -0.194. The van der Waals surface area contributed by atoms with Crippen molar-refractivity contribution in [3.05, 3.63) is 0 Å². The maximum Gasteiger partial charge on any atom is 0.103 e. The molecule has 0 amide bonds. The van der Waals surface area contributed by atoms with E-state index in [4.69, 9.17) is 11.6 Å². The SMILES string of the molecule is O=S([O-])N(CCl)CCF. The molecule has 0 spiro atoms. The average molecular weight is 175 g/mol. The van der Waals surface area contributed by atoms with Gasteiger partial charge in [0.05, 0.1) is 6.00 Å². The highest BCUT2D eigenvalue weighted by Gasteiger charge is 2.00. The second-order valence-corrected chi connectivity index (χ2v) is 2.42. The van der Waals surface area contributed by atoms with Crippen LogP contribution in [0.25, 0.3) is 0 Å². The molecule has 6 heteroatoms. The lowest BCUT2D eigenvalue weighted by molar-refractivity contribution is 0.372. The normalized spacial score (nSPS) is 14.2. The van der Waals surface area contributed by atoms with Gasteiger partial charge in [-0.05, 0) is 0 Å². The van der Waals surface area contributed by atoms with Crippen LogP contribution in [0.3, 0.4) is 0 Å². The van der Waals surface area contributed by atoms with Gasteiger partial charge in [-0.25, -0.2) is 8.70 Å². The van der Waals surface area contributed by atoms with Gasteiger partial charge in [0, 0.05) is 17.8 Å². The summed E-state index contributed by atoms with van der Waals surface area (Å²) in [5.41, 5.74) is 0. The molecule has 56 valence electrons. The van der Waals surface area contributed by atoms with Gasteiger partial charge in [0.2, 0.25) is 0 Å². The summed E-state index contributed by atoms with van der Waals surface area (Å²) in [6.45, 7) is -0.875. The van der Waals surface area contributed by atoms with E-state index in [-0.39, 0.29) is 12.5 Å². The minimum absolute atomic E-state index is 0.167. The fourth-order valence-electron chi connectivity index (χ4n) is 0.268. The zero-order valence-electron chi connectivity index (χ0n) is 4.55. The molecular formula is C3H6ClFNO2S-. The third-order valence-electron chi connectivity index (χ3n) is 0.678. The van der Waals surface area contributed by atoms with E-state index in [0.717, 1.165) is 4.31 Å². The van der Waals surface area contributed by atoms with Gasteiger partial charge in [0.15, 0.2) is 0 Å². The van der Waals surface area contributed by atoms with Gasteiger partial charge in [-0.1, -0.05) is 0 Å². The first-order valence-electron chi connectivity index (χ1n) is 2.18. The second-order valence-electron chi connectivity index (χ2n) is 1.23. The molecule has 1 atom stereocenters. The molecule has 0 N–H and O–H groups in total. The van der Waals surface area contributed by atoms with Gasteiger partial charge in [-0.2, -0.15) is 0 Å². The number of rotatable bonds is 4. The van der Waals surface area contributed by atoms with Crippen LogP contribution in [0.1, 0.15) is 0 Å². The van der Waals surface area contributed by atoms with E-state index in [1.807, 2.05) is 0 Å². The summed E-state index contributed by atoms with van der Waals surface area (Å²) in [5, 5.41) is 0. The third-order valence-corrected chi connectivity index (χ3v) is 1.84. The van der Waals surface area contributed by atoms with Gasteiger partial charge in [-0.3, -0.25) is 4.21 Å². The zero-order valence-corrected chi connectivity index (χ0v) is 6.12. The van der Waals surface area contributed by atoms with E-state index in [2.05, 4.69) is 0 Å². The van der Waals surface area contributed by atoms with Crippen LogP contribution in [0, 0.1) is 0 Å². The van der Waals surface area contributed by atoms with Crippen molar-refractivity contribution in [2.45, 2.75) is 0 Å². The highest BCUT2D eigenvalue weighted by atomic mass is 35.5. The summed E-state index contributed by atoms with van der Waals surface area (Å²) >= 11 is 2.72. The molecule has 0 aliphatic rings. The molecule has 3 nitrogen and oxygen atoms in total. The Labute approximate surface area is 60.2 Å². The fourth-order valence-corrected chi connectivity index (χ4v) is 0.925. The summed E-state index contributed by atoms with van der Waals surface area (Å²) in [4.78, 5) is 0. The number of nitrogens with zero attached hydrogens (tertiary/aromatic N) is 1. The highest BCUT2D eigenvalue weighted by Crippen LogP contribution is 1.93. The van der Waals surface area contributed by atoms with Gasteiger partial charge in [0.25, 0.3) is 0 Å². The maximum absolute atomic E-state index is 11.4. The molecule has 0 aliphatic heterocycles. The van der Waals surface area contributed by atoms with Gasteiger partial charge >= 0.3 is 0 Å². The Morgan fingerprint density at radius 3 is 2.44 bits per heavy atom. The Kier molecular flexibility index (Phi) is 5.27. The number of alkyl halides is 2. The fraction of sp³-hybridized carbons (Fsp3) is 1.00. The summed E-state index contributed by atoms with van der Waals surface area (Å²) < 4.78 is 32.2. The average Bonchev–Trinajstić information content (AvgIpc) is 1.82. The molecule has 0 rings (SSSR count). The Bertz CT molecular complexity index is 104. The first kappa shape index (κ1) is 9.29. The van der Waals surface area contributed by atoms with Gasteiger partial charge < -0.3 is 4.55 Å². The van der Waals surface area contributed by atoms with Crippen LogP contribution in [0.4, 0.5) is 4.39 Å². The molecule has 0 heterocycles. The molecule has 0 aromatic rings. The summed E-state index contributed by atoms with van der Waals surface area (Å²) in [6.07, 6.45) is 0. The lowest BCUT2D eigenvalue weighted by Crippen LogP contribution is -2.26. The maximum atomic E-state index is 11.4. The lowest BCUT2D eigenvalue weighted by atomic mass is 10.7. The smallest absolute Gasteiger partial charge is 0.103 e. The van der Waals surface area contributed by atoms with E-state index in [1.54, 1.807) is 0 Å². The van der Waals surface area contributed by atoms with E-state index < -0.39 is 17.9 Å². The van der Waals surface area contributed by atoms with E-state index in [0.29, 0.717) is 0 Å². The molecule has 1 unspecified atom stereocenters. The summed E-state index contributed by atoms with van der Waals surface area (Å²) in [7, 11) is 0. The van der Waals surface area contributed by atoms with Crippen LogP contribution in [0.5, 0.6) is 0 Å². The molecule has 0 saturated carbocycles. The number of halogens is 2. The predicted octanol–water partition coefficient (Wildman–Crippen LogP) is 0.248. The minimum atomic E-state index is -2.39. The largest absolute Gasteiger partial charge is 0.760 e. The van der Waals surface area contributed by atoms with Crippen molar-refractivity contribution in [3.63, 3.8) is 0 Å². The minimum Gasteiger partial charge on any atom is -0.760 e. The molecule has 0 aromatic heterocycles. The number of hydrogen-bond acceptors (Lipinski definition) is 2. The van der Waals surface area contributed by atoms with Crippen molar-refractivity contribution < 1.29 is 13.2 Å². The van der Waals surface area contributed by atoms with E-state index in [1.165, 1.54) is 0 Å². The van der Waals surface area contributed by atoms with Crippen molar-refractivity contribution in [1.29, 1.82) is 0 Å². The van der Waals surface area contributed by atoms with Crippen molar-refractivity contribution in [3.8, 4) is 0 Å². The van der Waals surface area contributed by atoms with E-state index in [9.17, 15) is 13.2 Å². The molecule has 0 fully saturated rings. The van der Waals surface area contributed by atoms with Gasteiger partial charge in [0.1, 0.15) is 6.67 Å². The Morgan fingerprint density at radius 1 is 1.78 bits per heavy atom. The lowest BCUT2D eigenvalue weighted by Gasteiger charge is -2.18.